The number of carbonyl (C=O) groups excluding carboxylic acids is 2. The molecule has 0 aliphatic rings. The molecule has 1 aromatic carbocycles. The topological polar surface area (TPSA) is 103 Å². The van der Waals surface area contributed by atoms with Crippen molar-refractivity contribution >= 4 is 40.1 Å². The second-order valence-corrected chi connectivity index (χ2v) is 4.33. The predicted octanol–water partition coefficient (Wildman–Crippen LogP) is 2.32. The molecule has 0 N–H and O–H groups in total. The lowest BCUT2D eigenvalue weighted by atomic mass is 10.1. The lowest BCUT2D eigenvalue weighted by Gasteiger charge is -2.05. The minimum Gasteiger partial charge on any atom is -0.296 e. The van der Waals surface area contributed by atoms with Gasteiger partial charge in [0.15, 0.2) is 12.6 Å². The Hall–Kier alpha value is -3.22. The van der Waals surface area contributed by atoms with Gasteiger partial charge in [0, 0.05) is 11.5 Å². The number of nitrogens with zero attached hydrogens (tertiary/aromatic N) is 3. The van der Waals surface area contributed by atoms with Gasteiger partial charge in [0.25, 0.3) is 5.69 Å². The quantitative estimate of drug-likeness (QED) is 0.316. The van der Waals surface area contributed by atoms with Crippen LogP contribution < -0.4 is 0 Å². The van der Waals surface area contributed by atoms with Crippen LogP contribution in [-0.4, -0.2) is 27.5 Å². The number of non-ortho nitro benzene ring substituents is 1. The third-order valence-corrected chi connectivity index (χ3v) is 3.10. The van der Waals surface area contributed by atoms with Crippen LogP contribution in [0.2, 0.25) is 0 Å². The Labute approximate surface area is 117 Å². The van der Waals surface area contributed by atoms with Gasteiger partial charge in [-0.3, -0.25) is 19.7 Å². The number of nitro groups is 1. The van der Waals surface area contributed by atoms with Crippen LogP contribution in [0.25, 0.3) is 21.8 Å². The highest BCUT2D eigenvalue weighted by molar-refractivity contribution is 6.08. The summed E-state index contributed by atoms with van der Waals surface area (Å²) in [5.41, 5.74) is 0.790. The van der Waals surface area contributed by atoms with Gasteiger partial charge < -0.3 is 0 Å². The van der Waals surface area contributed by atoms with Crippen molar-refractivity contribution in [1.82, 2.24) is 9.97 Å². The van der Waals surface area contributed by atoms with E-state index in [1.807, 2.05) is 0 Å². The fourth-order valence-corrected chi connectivity index (χ4v) is 2.16. The molecule has 0 atom stereocenters. The van der Waals surface area contributed by atoms with E-state index < -0.39 is 4.92 Å². The molecule has 0 radical (unpaired) electrons. The monoisotopic (exact) mass is 281 g/mol. The molecule has 0 fully saturated rings. The van der Waals surface area contributed by atoms with E-state index in [0.29, 0.717) is 23.5 Å². The maximum absolute atomic E-state index is 11.2. The summed E-state index contributed by atoms with van der Waals surface area (Å²) < 4.78 is 0. The minimum atomic E-state index is -0.516. The molecule has 3 rings (SSSR count). The molecule has 21 heavy (non-hydrogen) atoms. The first kappa shape index (κ1) is 12.8. The number of fused-ring (bicyclic) bond motifs is 3. The van der Waals surface area contributed by atoms with Gasteiger partial charge in [0.2, 0.25) is 0 Å². The van der Waals surface area contributed by atoms with E-state index in [-0.39, 0.29) is 28.0 Å². The van der Waals surface area contributed by atoms with Gasteiger partial charge in [-0.25, -0.2) is 9.97 Å². The van der Waals surface area contributed by atoms with E-state index in [2.05, 4.69) is 9.97 Å². The Kier molecular flexibility index (Phi) is 2.87. The van der Waals surface area contributed by atoms with Crippen molar-refractivity contribution in [2.75, 3.05) is 0 Å². The molecule has 7 heteroatoms. The van der Waals surface area contributed by atoms with Crippen LogP contribution in [0.15, 0.2) is 30.3 Å². The molecular weight excluding hydrogens is 274 g/mol. The molecule has 0 aliphatic carbocycles. The fourth-order valence-electron chi connectivity index (χ4n) is 2.16. The highest BCUT2D eigenvalue weighted by Crippen LogP contribution is 2.31. The van der Waals surface area contributed by atoms with Crippen LogP contribution in [0, 0.1) is 10.1 Å². The molecule has 0 spiro atoms. The summed E-state index contributed by atoms with van der Waals surface area (Å²) >= 11 is 0. The smallest absolute Gasteiger partial charge is 0.279 e. The van der Waals surface area contributed by atoms with Crippen molar-refractivity contribution in [3.8, 4) is 0 Å². The van der Waals surface area contributed by atoms with Gasteiger partial charge in [-0.15, -0.1) is 0 Å². The highest BCUT2D eigenvalue weighted by Gasteiger charge is 2.17. The summed E-state index contributed by atoms with van der Waals surface area (Å²) in [5.74, 6) is 0. The Bertz CT molecular complexity index is 921. The predicted molar refractivity (Wildman–Crippen MR) is 74.5 cm³/mol. The van der Waals surface area contributed by atoms with Gasteiger partial charge in [-0.05, 0) is 18.2 Å². The molecule has 3 aromatic rings. The molecule has 7 nitrogen and oxygen atoms in total. The molecule has 0 saturated heterocycles. The summed E-state index contributed by atoms with van der Waals surface area (Å²) in [4.78, 5) is 40.6. The van der Waals surface area contributed by atoms with Crippen molar-refractivity contribution in [2.45, 2.75) is 0 Å². The number of aromatic nitrogens is 2. The second kappa shape index (κ2) is 4.71. The first-order valence-electron chi connectivity index (χ1n) is 5.93. The Morgan fingerprint density at radius 1 is 0.952 bits per heavy atom. The number of carbonyl (C=O) groups is 2. The minimum absolute atomic E-state index is 0.122. The number of benzene rings is 1. The van der Waals surface area contributed by atoms with E-state index >= 15 is 0 Å². The average Bonchev–Trinajstić information content (AvgIpc) is 2.52. The van der Waals surface area contributed by atoms with E-state index in [9.17, 15) is 19.7 Å². The number of hydrogen-bond acceptors (Lipinski definition) is 6. The second-order valence-electron chi connectivity index (χ2n) is 4.33. The highest BCUT2D eigenvalue weighted by atomic mass is 16.6. The van der Waals surface area contributed by atoms with Crippen molar-refractivity contribution in [1.29, 1.82) is 0 Å². The van der Waals surface area contributed by atoms with Crippen LogP contribution in [0.5, 0.6) is 0 Å². The fraction of sp³-hybridized carbons (Fsp3) is 0. The lowest BCUT2D eigenvalue weighted by molar-refractivity contribution is -0.382. The number of nitro benzene ring substituents is 1. The molecular formula is C14H7N3O4. The van der Waals surface area contributed by atoms with Crippen LogP contribution in [0.4, 0.5) is 5.69 Å². The lowest BCUT2D eigenvalue weighted by Crippen LogP contribution is -1.97. The molecule has 2 heterocycles. The maximum atomic E-state index is 11.2. The van der Waals surface area contributed by atoms with Crippen LogP contribution in [0.3, 0.4) is 0 Å². The normalized spacial score (nSPS) is 10.7. The van der Waals surface area contributed by atoms with E-state index in [1.165, 1.54) is 24.3 Å². The molecule has 102 valence electrons. The van der Waals surface area contributed by atoms with Gasteiger partial charge in [0.05, 0.1) is 15.8 Å². The number of pyridine rings is 2. The molecule has 2 aromatic heterocycles. The average molecular weight is 281 g/mol. The summed E-state index contributed by atoms with van der Waals surface area (Å²) in [6, 6.07) is 7.26. The summed E-state index contributed by atoms with van der Waals surface area (Å²) in [6.07, 6.45) is 1.13. The molecule has 0 aliphatic heterocycles. The molecule has 0 amide bonds. The Morgan fingerprint density at radius 3 is 2.19 bits per heavy atom. The molecule has 0 unspecified atom stereocenters. The standard InChI is InChI=1S/C14H7N3O4/c18-6-9-2-1-8-5-12(17(20)21)11-4-3-10(7-19)16-14(11)13(8)15-9/h1-7H. The first-order chi connectivity index (χ1) is 10.1. The number of rotatable bonds is 3. The molecule has 0 bridgehead atoms. The summed E-state index contributed by atoms with van der Waals surface area (Å²) in [6.45, 7) is 0. The van der Waals surface area contributed by atoms with Crippen molar-refractivity contribution in [3.05, 3.63) is 51.8 Å². The van der Waals surface area contributed by atoms with Gasteiger partial charge in [-0.1, -0.05) is 6.07 Å². The van der Waals surface area contributed by atoms with E-state index in [4.69, 9.17) is 0 Å². The zero-order chi connectivity index (χ0) is 15.0. The summed E-state index contributed by atoms with van der Waals surface area (Å²) in [7, 11) is 0. The van der Waals surface area contributed by atoms with Crippen LogP contribution in [-0.2, 0) is 0 Å². The summed E-state index contributed by atoms with van der Waals surface area (Å²) in [5, 5.41) is 11.9. The number of hydrogen-bond donors (Lipinski definition) is 0. The SMILES string of the molecule is O=Cc1ccc2cc([N+](=O)[O-])c3ccc(C=O)nc3c2n1. The zero-order valence-corrected chi connectivity index (χ0v) is 10.5. The van der Waals surface area contributed by atoms with E-state index in [0.717, 1.165) is 0 Å². The third-order valence-electron chi connectivity index (χ3n) is 3.10. The third kappa shape index (κ3) is 2.00. The molecule has 0 saturated carbocycles. The van der Waals surface area contributed by atoms with Gasteiger partial charge >= 0.3 is 0 Å². The Morgan fingerprint density at radius 2 is 1.57 bits per heavy atom. The van der Waals surface area contributed by atoms with Crippen molar-refractivity contribution < 1.29 is 14.5 Å². The van der Waals surface area contributed by atoms with Crippen molar-refractivity contribution in [2.24, 2.45) is 0 Å². The number of aldehydes is 2. The largest absolute Gasteiger partial charge is 0.296 e. The first-order valence-corrected chi connectivity index (χ1v) is 5.93. The van der Waals surface area contributed by atoms with Crippen molar-refractivity contribution in [3.63, 3.8) is 0 Å². The van der Waals surface area contributed by atoms with Gasteiger partial charge in [-0.2, -0.15) is 0 Å². The van der Waals surface area contributed by atoms with Gasteiger partial charge in [0.1, 0.15) is 16.9 Å². The van der Waals surface area contributed by atoms with E-state index in [1.54, 1.807) is 6.07 Å². The maximum Gasteiger partial charge on any atom is 0.279 e. The Balaban J connectivity index is 2.54. The van der Waals surface area contributed by atoms with Crippen LogP contribution >= 0.6 is 0 Å². The van der Waals surface area contributed by atoms with Crippen LogP contribution in [0.1, 0.15) is 21.0 Å². The zero-order valence-electron chi connectivity index (χ0n) is 10.5.